The summed E-state index contributed by atoms with van der Waals surface area (Å²) in [5, 5.41) is 7.39. The number of nitrogens with zero attached hydrogens (tertiary/aromatic N) is 5. The smallest absolute Gasteiger partial charge is 0.314 e. The second kappa shape index (κ2) is 8.95. The third-order valence-electron chi connectivity index (χ3n) is 6.39. The highest BCUT2D eigenvalue weighted by atomic mass is 32.1. The van der Waals surface area contributed by atoms with E-state index in [0.717, 1.165) is 25.6 Å². The van der Waals surface area contributed by atoms with E-state index in [0.29, 0.717) is 22.4 Å². The van der Waals surface area contributed by atoms with Gasteiger partial charge < -0.3 is 14.2 Å². The minimum atomic E-state index is -2.91. The van der Waals surface area contributed by atoms with Gasteiger partial charge in [-0.25, -0.2) is 8.78 Å². The molecule has 5 rings (SSSR count). The molecule has 3 aromatic rings. The predicted octanol–water partition coefficient (Wildman–Crippen LogP) is 4.63. The number of benzene rings is 2. The fourth-order valence-electron chi connectivity index (χ4n) is 4.56. The number of hydrogen-bond donors (Lipinski definition) is 0. The molecule has 0 amide bonds. The van der Waals surface area contributed by atoms with Gasteiger partial charge in [-0.2, -0.15) is 8.78 Å². The highest BCUT2D eigenvalue weighted by Gasteiger charge is 2.43. The lowest BCUT2D eigenvalue weighted by atomic mass is 10.1. The van der Waals surface area contributed by atoms with Crippen molar-refractivity contribution in [3.63, 3.8) is 0 Å². The molecular weight excluding hydrogens is 470 g/mol. The summed E-state index contributed by atoms with van der Waals surface area (Å²) in [6, 6.07) is 10.8. The van der Waals surface area contributed by atoms with Crippen molar-refractivity contribution in [2.24, 2.45) is 0 Å². The Labute approximate surface area is 198 Å². The molecule has 178 valence electrons. The van der Waals surface area contributed by atoms with E-state index in [4.69, 9.17) is 16.6 Å². The molecule has 2 aliphatic rings. The zero-order valence-corrected chi connectivity index (χ0v) is 19.0. The molecule has 2 unspecified atom stereocenters. The molecule has 2 bridgehead atoms. The van der Waals surface area contributed by atoms with Crippen LogP contribution in [-0.2, 0) is 6.54 Å². The van der Waals surface area contributed by atoms with Crippen molar-refractivity contribution in [3.8, 4) is 11.5 Å². The number of likely N-dealkylation sites (N-methyl/N-ethyl adjacent to an activating group) is 1. The number of aromatic nitrogens is 2. The van der Waals surface area contributed by atoms with Gasteiger partial charge in [-0.3, -0.25) is 4.90 Å². The Kier molecular flexibility index (Phi) is 5.98. The van der Waals surface area contributed by atoms with Crippen molar-refractivity contribution in [2.45, 2.75) is 31.5 Å². The predicted molar refractivity (Wildman–Crippen MR) is 121 cm³/mol. The summed E-state index contributed by atoms with van der Waals surface area (Å²) in [7, 11) is 2.09. The molecule has 2 fully saturated rings. The summed E-state index contributed by atoms with van der Waals surface area (Å²) in [5.41, 5.74) is 1.16. The van der Waals surface area contributed by atoms with E-state index in [1.165, 1.54) is 24.3 Å². The van der Waals surface area contributed by atoms with E-state index < -0.39 is 18.1 Å². The maximum absolute atomic E-state index is 15.1. The normalized spacial score (nSPS) is 19.9. The second-order valence-corrected chi connectivity index (χ2v) is 8.90. The van der Waals surface area contributed by atoms with Crippen molar-refractivity contribution in [3.05, 3.63) is 65.6 Å². The van der Waals surface area contributed by atoms with Gasteiger partial charge in [0.2, 0.25) is 5.89 Å². The van der Waals surface area contributed by atoms with Crippen molar-refractivity contribution in [1.29, 1.82) is 0 Å². The number of halogens is 4. The molecule has 11 heteroatoms. The Morgan fingerprint density at radius 1 is 1.12 bits per heavy atom. The number of anilines is 1. The van der Waals surface area contributed by atoms with Crippen LogP contribution in [0.1, 0.15) is 24.3 Å². The maximum atomic E-state index is 15.1. The summed E-state index contributed by atoms with van der Waals surface area (Å²) >= 11 is 5.84. The standard InChI is InChI=1S/C23H21F4N5OS/c1-30-11-18-9-17(30)12-32(18)23(34)31(16-6-4-15(24)5-7-16)10-14-3-2-13(8-19(14)25)21-28-29-22(33-21)20(26)27/h2-8,17-18,20H,9-12H2,1H3. The molecule has 0 saturated carbocycles. The first-order chi connectivity index (χ1) is 16.3. The van der Waals surface area contributed by atoms with Gasteiger partial charge in [0.1, 0.15) is 11.6 Å². The summed E-state index contributed by atoms with van der Waals surface area (Å²) in [6.45, 7) is 1.78. The minimum absolute atomic E-state index is 0.104. The Balaban J connectivity index is 1.42. The van der Waals surface area contributed by atoms with Crippen LogP contribution in [0.5, 0.6) is 0 Å². The summed E-state index contributed by atoms with van der Waals surface area (Å²) in [4.78, 5) is 6.25. The van der Waals surface area contributed by atoms with Crippen LogP contribution in [0.25, 0.3) is 11.5 Å². The molecule has 6 nitrogen and oxygen atoms in total. The van der Waals surface area contributed by atoms with Crippen LogP contribution in [0.4, 0.5) is 23.2 Å². The maximum Gasteiger partial charge on any atom is 0.314 e. The average molecular weight is 492 g/mol. The van der Waals surface area contributed by atoms with Crippen LogP contribution in [0.3, 0.4) is 0 Å². The summed E-state index contributed by atoms with van der Waals surface area (Å²) in [5.74, 6) is -1.97. The Morgan fingerprint density at radius 3 is 2.47 bits per heavy atom. The van der Waals surface area contributed by atoms with E-state index in [1.54, 1.807) is 17.0 Å². The first kappa shape index (κ1) is 22.7. The lowest BCUT2D eigenvalue weighted by molar-refractivity contribution is 0.116. The van der Waals surface area contributed by atoms with E-state index in [-0.39, 0.29) is 29.9 Å². The lowest BCUT2D eigenvalue weighted by Crippen LogP contribution is -2.52. The Hall–Kier alpha value is -3.05. The monoisotopic (exact) mass is 491 g/mol. The van der Waals surface area contributed by atoms with Crippen LogP contribution in [0.2, 0.25) is 0 Å². The number of rotatable bonds is 5. The van der Waals surface area contributed by atoms with Gasteiger partial charge in [0.05, 0.1) is 6.54 Å². The second-order valence-electron chi connectivity index (χ2n) is 8.53. The molecule has 3 heterocycles. The van der Waals surface area contributed by atoms with Gasteiger partial charge in [-0.1, -0.05) is 6.07 Å². The molecule has 1 aromatic heterocycles. The number of alkyl halides is 2. The molecule has 2 atom stereocenters. The van der Waals surface area contributed by atoms with Gasteiger partial charge >= 0.3 is 6.43 Å². The van der Waals surface area contributed by atoms with Gasteiger partial charge in [-0.05, 0) is 62.1 Å². The van der Waals surface area contributed by atoms with Gasteiger partial charge in [0.25, 0.3) is 5.89 Å². The molecule has 0 aliphatic carbocycles. The number of piperazine rings is 1. The highest BCUT2D eigenvalue weighted by Crippen LogP contribution is 2.32. The number of fused-ring (bicyclic) bond motifs is 2. The zero-order valence-electron chi connectivity index (χ0n) is 18.2. The Bertz CT molecular complexity index is 1200. The molecule has 34 heavy (non-hydrogen) atoms. The average Bonchev–Trinajstić information content (AvgIpc) is 3.54. The topological polar surface area (TPSA) is 48.6 Å². The van der Waals surface area contributed by atoms with Crippen molar-refractivity contribution >= 4 is 23.0 Å². The summed E-state index contributed by atoms with van der Waals surface area (Å²) in [6.07, 6.45) is -1.89. The van der Waals surface area contributed by atoms with Gasteiger partial charge in [0.15, 0.2) is 5.11 Å². The Morgan fingerprint density at radius 2 is 1.88 bits per heavy atom. The first-order valence-corrected chi connectivity index (χ1v) is 11.1. The molecule has 2 saturated heterocycles. The largest absolute Gasteiger partial charge is 0.415 e. The van der Waals surface area contributed by atoms with Crippen LogP contribution in [-0.4, -0.2) is 57.3 Å². The van der Waals surface area contributed by atoms with Crippen LogP contribution >= 0.6 is 12.2 Å². The van der Waals surface area contributed by atoms with Crippen molar-refractivity contribution in [2.75, 3.05) is 25.0 Å². The molecule has 2 aliphatic heterocycles. The SMILES string of the molecule is CN1CC2CC1CN2C(=S)N(Cc1ccc(-c2nnc(C(F)F)o2)cc1F)c1ccc(F)cc1. The minimum Gasteiger partial charge on any atom is -0.415 e. The molecule has 0 N–H and O–H groups in total. The third kappa shape index (κ3) is 4.25. The first-order valence-electron chi connectivity index (χ1n) is 10.7. The number of likely N-dealkylation sites (tertiary alicyclic amines) is 2. The number of hydrogen-bond acceptors (Lipinski definition) is 5. The van der Waals surface area contributed by atoms with Crippen LogP contribution < -0.4 is 4.90 Å². The molecular formula is C23H21F4N5OS. The van der Waals surface area contributed by atoms with Crippen molar-refractivity contribution < 1.29 is 22.0 Å². The van der Waals surface area contributed by atoms with Crippen molar-refractivity contribution in [1.82, 2.24) is 20.0 Å². The van der Waals surface area contributed by atoms with Crippen LogP contribution in [0, 0.1) is 11.6 Å². The lowest BCUT2D eigenvalue weighted by Gasteiger charge is -2.38. The van der Waals surface area contributed by atoms with E-state index in [9.17, 15) is 13.2 Å². The van der Waals surface area contributed by atoms with Gasteiger partial charge in [-0.15, -0.1) is 10.2 Å². The van der Waals surface area contributed by atoms with E-state index >= 15 is 4.39 Å². The fraction of sp³-hybridized carbons (Fsp3) is 0.348. The summed E-state index contributed by atoms with van der Waals surface area (Å²) < 4.78 is 59.0. The van der Waals surface area contributed by atoms with Gasteiger partial charge in [0, 0.05) is 42.0 Å². The van der Waals surface area contributed by atoms with Crippen LogP contribution in [0.15, 0.2) is 46.9 Å². The number of thiocarbonyl (C=S) groups is 1. The van der Waals surface area contributed by atoms with E-state index in [1.807, 2.05) is 0 Å². The zero-order chi connectivity index (χ0) is 24.0. The van der Waals surface area contributed by atoms with E-state index in [2.05, 4.69) is 27.0 Å². The fourth-order valence-corrected chi connectivity index (χ4v) is 4.96. The third-order valence-corrected chi connectivity index (χ3v) is 6.84. The molecule has 0 spiro atoms. The highest BCUT2D eigenvalue weighted by molar-refractivity contribution is 7.80. The molecule has 2 aromatic carbocycles. The molecule has 0 radical (unpaired) electrons. The quantitative estimate of drug-likeness (QED) is 0.381.